The Hall–Kier alpha value is -3.13. The molecule has 0 aliphatic carbocycles. The highest BCUT2D eigenvalue weighted by atomic mass is 32.1. The molecule has 0 radical (unpaired) electrons. The first-order valence-electron chi connectivity index (χ1n) is 8.92. The van der Waals surface area contributed by atoms with Crippen molar-refractivity contribution in [1.82, 2.24) is 4.68 Å². The molecule has 0 unspecified atom stereocenters. The first kappa shape index (κ1) is 18.2. The topological polar surface area (TPSA) is 81.1 Å². The number of amides is 1. The van der Waals surface area contributed by atoms with Crippen molar-refractivity contribution in [3.63, 3.8) is 0 Å². The van der Waals surface area contributed by atoms with E-state index in [4.69, 9.17) is 14.3 Å². The molecule has 0 bridgehead atoms. The maximum atomic E-state index is 11.7. The molecule has 3 aromatic rings. The molecule has 3 heterocycles. The Morgan fingerprint density at radius 3 is 2.93 bits per heavy atom. The van der Waals surface area contributed by atoms with Crippen molar-refractivity contribution < 1.29 is 13.9 Å². The zero-order chi connectivity index (χ0) is 19.7. The van der Waals surface area contributed by atoms with Crippen LogP contribution in [-0.4, -0.2) is 28.9 Å². The Morgan fingerprint density at radius 1 is 1.32 bits per heavy atom. The molecule has 1 aliphatic heterocycles. The molecule has 0 saturated carbocycles. The van der Waals surface area contributed by atoms with Crippen LogP contribution < -0.4 is 14.9 Å². The summed E-state index contributed by atoms with van der Waals surface area (Å²) >= 11 is 1.52. The van der Waals surface area contributed by atoms with Gasteiger partial charge in [0.05, 0.1) is 17.6 Å². The van der Waals surface area contributed by atoms with Gasteiger partial charge in [-0.1, -0.05) is 0 Å². The van der Waals surface area contributed by atoms with Gasteiger partial charge in [0.25, 0.3) is 5.91 Å². The maximum absolute atomic E-state index is 11.7. The van der Waals surface area contributed by atoms with Crippen molar-refractivity contribution in [3.8, 4) is 17.0 Å². The fraction of sp³-hybridized carbons (Fsp3) is 0.250. The number of nitrogens with zero attached hydrogens (tertiary/aromatic N) is 3. The molecule has 28 heavy (non-hydrogen) atoms. The van der Waals surface area contributed by atoms with Gasteiger partial charge >= 0.3 is 0 Å². The third-order valence-electron chi connectivity index (χ3n) is 4.09. The van der Waals surface area contributed by atoms with E-state index in [1.165, 1.54) is 11.3 Å². The zero-order valence-electron chi connectivity index (χ0n) is 15.8. The van der Waals surface area contributed by atoms with Gasteiger partial charge in [-0.2, -0.15) is 5.10 Å². The van der Waals surface area contributed by atoms with E-state index in [1.54, 1.807) is 6.26 Å². The predicted molar refractivity (Wildman–Crippen MR) is 109 cm³/mol. The van der Waals surface area contributed by atoms with Gasteiger partial charge in [0, 0.05) is 17.0 Å². The molecular formula is C20H20N4O3S. The summed E-state index contributed by atoms with van der Waals surface area (Å²) < 4.78 is 12.7. The molecule has 144 valence electrons. The summed E-state index contributed by atoms with van der Waals surface area (Å²) in [5.74, 6) is 1.20. The van der Waals surface area contributed by atoms with E-state index in [2.05, 4.69) is 10.3 Å². The van der Waals surface area contributed by atoms with E-state index in [-0.39, 0.29) is 18.6 Å². The fourth-order valence-corrected chi connectivity index (χ4v) is 3.79. The van der Waals surface area contributed by atoms with E-state index in [1.807, 2.05) is 61.2 Å². The number of ether oxygens (including phenoxy) is 1. The molecule has 8 heteroatoms. The molecule has 1 amide bonds. The van der Waals surface area contributed by atoms with Crippen LogP contribution in [0.25, 0.3) is 11.3 Å². The Labute approximate surface area is 166 Å². The van der Waals surface area contributed by atoms with Crippen molar-refractivity contribution in [1.29, 1.82) is 0 Å². The number of thiazole rings is 1. The number of furan rings is 1. The van der Waals surface area contributed by atoms with E-state index < -0.39 is 0 Å². The molecule has 1 aliphatic rings. The summed E-state index contributed by atoms with van der Waals surface area (Å²) in [5.41, 5.74) is 3.17. The SMILES string of the molecule is CC(=Nn1c(-c2ccc3c(c2)NC(=O)CO3)csc1=NC(C)C)c1ccco1. The summed E-state index contributed by atoms with van der Waals surface area (Å²) in [4.78, 5) is 17.1. The highest BCUT2D eigenvalue weighted by Gasteiger charge is 2.18. The lowest BCUT2D eigenvalue weighted by Crippen LogP contribution is -2.25. The normalized spacial score (nSPS) is 14.8. The zero-order valence-corrected chi connectivity index (χ0v) is 16.6. The summed E-state index contributed by atoms with van der Waals surface area (Å²) in [6.45, 7) is 5.99. The molecule has 0 atom stereocenters. The minimum Gasteiger partial charge on any atom is -0.482 e. The Kier molecular flexibility index (Phi) is 4.87. The second-order valence-corrected chi connectivity index (χ2v) is 7.49. The lowest BCUT2D eigenvalue weighted by atomic mass is 10.1. The summed E-state index contributed by atoms with van der Waals surface area (Å²) in [7, 11) is 0. The number of hydrogen-bond acceptors (Lipinski definition) is 6. The molecule has 2 aromatic heterocycles. The van der Waals surface area contributed by atoms with E-state index in [9.17, 15) is 4.79 Å². The minimum atomic E-state index is -0.162. The standard InChI is InChI=1S/C20H20N4O3S/c1-12(2)21-20-24(23-13(3)17-5-4-8-26-17)16(11-28-20)14-6-7-18-15(9-14)22-19(25)10-27-18/h4-9,11-12H,10H2,1-3H3,(H,22,25). The van der Waals surface area contributed by atoms with Gasteiger partial charge < -0.3 is 14.5 Å². The van der Waals surface area contributed by atoms with Gasteiger partial charge in [-0.3, -0.25) is 9.79 Å². The van der Waals surface area contributed by atoms with Crippen LogP contribution in [0.1, 0.15) is 26.5 Å². The monoisotopic (exact) mass is 396 g/mol. The third kappa shape index (κ3) is 3.63. The Balaban J connectivity index is 1.84. The average molecular weight is 396 g/mol. The number of anilines is 1. The van der Waals surface area contributed by atoms with Crippen LogP contribution in [0, 0.1) is 0 Å². The molecule has 0 spiro atoms. The van der Waals surface area contributed by atoms with Crippen molar-refractivity contribution in [2.24, 2.45) is 10.1 Å². The van der Waals surface area contributed by atoms with Crippen molar-refractivity contribution >= 4 is 28.6 Å². The predicted octanol–water partition coefficient (Wildman–Crippen LogP) is 3.72. The number of nitrogens with one attached hydrogen (secondary N) is 1. The quantitative estimate of drug-likeness (QED) is 0.683. The Morgan fingerprint density at radius 2 is 2.18 bits per heavy atom. The first-order chi connectivity index (χ1) is 13.5. The van der Waals surface area contributed by atoms with Crippen LogP contribution in [0.5, 0.6) is 5.75 Å². The number of carbonyl (C=O) groups is 1. The van der Waals surface area contributed by atoms with Crippen LogP contribution >= 0.6 is 11.3 Å². The average Bonchev–Trinajstić information content (AvgIpc) is 3.32. The highest BCUT2D eigenvalue weighted by molar-refractivity contribution is 7.07. The van der Waals surface area contributed by atoms with Crippen LogP contribution in [0.3, 0.4) is 0 Å². The lowest BCUT2D eigenvalue weighted by Gasteiger charge is -2.18. The van der Waals surface area contributed by atoms with Crippen molar-refractivity contribution in [2.75, 3.05) is 11.9 Å². The Bertz CT molecular complexity index is 1110. The number of fused-ring (bicyclic) bond motifs is 1. The summed E-state index contributed by atoms with van der Waals surface area (Å²) in [5, 5.41) is 9.61. The first-order valence-corrected chi connectivity index (χ1v) is 9.80. The van der Waals surface area contributed by atoms with Gasteiger partial charge in [0.2, 0.25) is 4.80 Å². The van der Waals surface area contributed by atoms with Gasteiger partial charge in [0.1, 0.15) is 17.2 Å². The molecule has 1 N–H and O–H groups in total. The molecule has 1 aromatic carbocycles. The van der Waals surface area contributed by atoms with Crippen LogP contribution in [0.2, 0.25) is 0 Å². The second kappa shape index (κ2) is 7.47. The van der Waals surface area contributed by atoms with E-state index >= 15 is 0 Å². The number of benzene rings is 1. The van der Waals surface area contributed by atoms with Gasteiger partial charge in [-0.25, -0.2) is 4.68 Å². The van der Waals surface area contributed by atoms with Gasteiger partial charge in [-0.05, 0) is 51.1 Å². The fourth-order valence-electron chi connectivity index (χ4n) is 2.83. The van der Waals surface area contributed by atoms with Gasteiger partial charge in [-0.15, -0.1) is 11.3 Å². The number of hydrogen-bond donors (Lipinski definition) is 1. The van der Waals surface area contributed by atoms with E-state index in [0.717, 1.165) is 21.8 Å². The lowest BCUT2D eigenvalue weighted by molar-refractivity contribution is -0.118. The second-order valence-electron chi connectivity index (χ2n) is 6.65. The molecule has 0 saturated heterocycles. The molecule has 7 nitrogen and oxygen atoms in total. The van der Waals surface area contributed by atoms with Gasteiger partial charge in [0.15, 0.2) is 6.61 Å². The minimum absolute atomic E-state index is 0.0366. The van der Waals surface area contributed by atoms with E-state index in [0.29, 0.717) is 17.2 Å². The van der Waals surface area contributed by atoms with Crippen LogP contribution in [0.4, 0.5) is 5.69 Å². The maximum Gasteiger partial charge on any atom is 0.262 e. The summed E-state index contributed by atoms with van der Waals surface area (Å²) in [6, 6.07) is 9.53. The number of carbonyl (C=O) groups excluding carboxylic acids is 1. The van der Waals surface area contributed by atoms with Crippen molar-refractivity contribution in [2.45, 2.75) is 26.8 Å². The summed E-state index contributed by atoms with van der Waals surface area (Å²) in [6.07, 6.45) is 1.62. The smallest absolute Gasteiger partial charge is 0.262 e. The largest absolute Gasteiger partial charge is 0.482 e. The molecule has 0 fully saturated rings. The number of rotatable bonds is 4. The van der Waals surface area contributed by atoms with Crippen LogP contribution in [-0.2, 0) is 4.79 Å². The highest BCUT2D eigenvalue weighted by Crippen LogP contribution is 2.33. The van der Waals surface area contributed by atoms with Crippen LogP contribution in [0.15, 0.2) is 56.5 Å². The molecular weight excluding hydrogens is 376 g/mol. The number of aromatic nitrogens is 1. The third-order valence-corrected chi connectivity index (χ3v) is 4.92. The van der Waals surface area contributed by atoms with Crippen molar-refractivity contribution in [3.05, 3.63) is 52.5 Å². The molecule has 4 rings (SSSR count).